The van der Waals surface area contributed by atoms with Gasteiger partial charge in [-0.25, -0.2) is 13.4 Å². The number of halogens is 5. The molecule has 2 aromatic carbocycles. The third kappa shape index (κ3) is 5.17. The molecule has 7 nitrogen and oxygen atoms in total. The van der Waals surface area contributed by atoms with Gasteiger partial charge in [-0.3, -0.25) is 4.79 Å². The van der Waals surface area contributed by atoms with Crippen molar-refractivity contribution >= 4 is 21.3 Å². The van der Waals surface area contributed by atoms with E-state index in [9.17, 15) is 31.0 Å². The molecule has 1 aromatic heterocycles. The zero-order valence-electron chi connectivity index (χ0n) is 16.0. The van der Waals surface area contributed by atoms with E-state index in [2.05, 4.69) is 15.5 Å². The summed E-state index contributed by atoms with van der Waals surface area (Å²) in [4.78, 5) is 12.8. The second kappa shape index (κ2) is 8.49. The smallest absolute Gasteiger partial charge is 0.434 e. The third-order valence-electron chi connectivity index (χ3n) is 3.96. The summed E-state index contributed by atoms with van der Waals surface area (Å²) < 4.78 is 91.1. The van der Waals surface area contributed by atoms with Gasteiger partial charge in [0.05, 0.1) is 9.73 Å². The van der Waals surface area contributed by atoms with Gasteiger partial charge < -0.3 is 10.1 Å². The number of carbonyl (C=O) groups is 1. The van der Waals surface area contributed by atoms with E-state index in [4.69, 9.17) is 9.52 Å². The van der Waals surface area contributed by atoms with Crippen molar-refractivity contribution in [3.8, 4) is 11.6 Å². The summed E-state index contributed by atoms with van der Waals surface area (Å²) in [7, 11) is -3.13. The van der Waals surface area contributed by atoms with Crippen LogP contribution in [0.25, 0.3) is 0 Å². The van der Waals surface area contributed by atoms with E-state index in [1.807, 2.05) is 0 Å². The molecule has 0 aliphatic carbocycles. The molecule has 0 aliphatic heterocycles. The van der Waals surface area contributed by atoms with E-state index in [0.717, 1.165) is 24.5 Å². The predicted octanol–water partition coefficient (Wildman–Crippen LogP) is 4.85. The molecule has 0 saturated heterocycles. The first-order valence-corrected chi connectivity index (χ1v) is 10.5. The van der Waals surface area contributed by atoms with Gasteiger partial charge in [-0.15, -0.1) is 10.2 Å². The first-order chi connectivity index (χ1) is 14.9. The highest BCUT2D eigenvalue weighted by Gasteiger charge is 2.35. The third-order valence-corrected chi connectivity index (χ3v) is 5.11. The number of nitrogens with zero attached hydrogens (tertiary/aromatic N) is 2. The highest BCUT2D eigenvalue weighted by atomic mass is 32.2. The minimum atomic E-state index is -4.95. The zero-order chi connectivity index (χ0) is 23.7. The standard InChI is InChI=1S/C19H13F5N4O3S/c1-32(25,30)11-5-2-4-10(8-11)26-17(29)12-9-15(19(22,23)24)27-28-18(12)31-14-7-3-6-13(20)16(14)21/h2-9,25H,1H3,(H,26,29). The van der Waals surface area contributed by atoms with Gasteiger partial charge in [0.15, 0.2) is 17.3 Å². The molecule has 0 bridgehead atoms. The molecule has 0 spiro atoms. The van der Waals surface area contributed by atoms with Crippen LogP contribution >= 0.6 is 0 Å². The van der Waals surface area contributed by atoms with Crippen LogP contribution in [0, 0.1) is 16.4 Å². The Hall–Kier alpha value is -3.61. The summed E-state index contributed by atoms with van der Waals surface area (Å²) in [5, 5.41) is 8.42. The van der Waals surface area contributed by atoms with Crippen molar-refractivity contribution in [3.05, 3.63) is 71.4 Å². The van der Waals surface area contributed by atoms with Gasteiger partial charge in [0.1, 0.15) is 5.56 Å². The molecule has 0 saturated carbocycles. The average Bonchev–Trinajstić information content (AvgIpc) is 2.70. The number of alkyl halides is 3. The van der Waals surface area contributed by atoms with Crippen LogP contribution in [-0.2, 0) is 15.9 Å². The van der Waals surface area contributed by atoms with E-state index in [0.29, 0.717) is 6.07 Å². The highest BCUT2D eigenvalue weighted by Crippen LogP contribution is 2.32. The molecule has 168 valence electrons. The van der Waals surface area contributed by atoms with Crippen molar-refractivity contribution in [1.82, 2.24) is 10.2 Å². The number of hydrogen-bond donors (Lipinski definition) is 2. The SMILES string of the molecule is CS(=N)(=O)c1cccc(NC(=O)c2cc(C(F)(F)F)nnc2Oc2cccc(F)c2F)c1. The molecule has 3 aromatic rings. The molecule has 13 heteroatoms. The summed E-state index contributed by atoms with van der Waals surface area (Å²) in [6.07, 6.45) is -3.81. The maximum Gasteiger partial charge on any atom is 0.435 e. The first-order valence-electron chi connectivity index (χ1n) is 8.58. The molecular formula is C19H13F5N4O3S. The van der Waals surface area contributed by atoms with Crippen LogP contribution in [0.15, 0.2) is 53.4 Å². The largest absolute Gasteiger partial charge is 0.435 e. The fourth-order valence-corrected chi connectivity index (χ4v) is 3.13. The van der Waals surface area contributed by atoms with Crippen molar-refractivity contribution < 1.29 is 35.7 Å². The Bertz CT molecular complexity index is 1300. The minimum Gasteiger partial charge on any atom is -0.434 e. The number of nitrogens with one attached hydrogen (secondary N) is 2. The Morgan fingerprint density at radius 1 is 1.09 bits per heavy atom. The Kier molecular flexibility index (Phi) is 6.12. The lowest BCUT2D eigenvalue weighted by Gasteiger charge is -2.13. The van der Waals surface area contributed by atoms with Crippen LogP contribution in [0.4, 0.5) is 27.6 Å². The normalized spacial score (nSPS) is 13.3. The Balaban J connectivity index is 2.02. The molecule has 1 unspecified atom stereocenters. The Morgan fingerprint density at radius 2 is 1.78 bits per heavy atom. The molecule has 1 amide bonds. The summed E-state index contributed by atoms with van der Waals surface area (Å²) in [6.45, 7) is 0. The minimum absolute atomic E-state index is 0.0163. The summed E-state index contributed by atoms with van der Waals surface area (Å²) in [5.74, 6) is -5.42. The van der Waals surface area contributed by atoms with Gasteiger partial charge in [-0.05, 0) is 36.4 Å². The van der Waals surface area contributed by atoms with Crippen molar-refractivity contribution in [2.45, 2.75) is 11.1 Å². The van der Waals surface area contributed by atoms with E-state index >= 15 is 0 Å². The summed E-state index contributed by atoms with van der Waals surface area (Å²) in [5.41, 5.74) is -2.28. The second-order valence-corrected chi connectivity index (χ2v) is 8.58. The monoisotopic (exact) mass is 472 g/mol. The number of hydrogen-bond acceptors (Lipinski definition) is 6. The van der Waals surface area contributed by atoms with E-state index in [1.165, 1.54) is 24.3 Å². The highest BCUT2D eigenvalue weighted by molar-refractivity contribution is 7.91. The second-order valence-electron chi connectivity index (χ2n) is 6.43. The van der Waals surface area contributed by atoms with Crippen LogP contribution in [0.2, 0.25) is 0 Å². The number of rotatable bonds is 5. The summed E-state index contributed by atoms with van der Waals surface area (Å²) >= 11 is 0. The number of amides is 1. The fourth-order valence-electron chi connectivity index (χ4n) is 2.44. The number of benzene rings is 2. The van der Waals surface area contributed by atoms with Gasteiger partial charge in [-0.1, -0.05) is 12.1 Å². The van der Waals surface area contributed by atoms with Crippen molar-refractivity contribution in [2.24, 2.45) is 0 Å². The van der Waals surface area contributed by atoms with Crippen LogP contribution in [0.1, 0.15) is 16.1 Å². The quantitative estimate of drug-likeness (QED) is 0.517. The van der Waals surface area contributed by atoms with Gasteiger partial charge in [-0.2, -0.15) is 17.6 Å². The van der Waals surface area contributed by atoms with Gasteiger partial charge >= 0.3 is 6.18 Å². The van der Waals surface area contributed by atoms with Crippen molar-refractivity contribution in [2.75, 3.05) is 11.6 Å². The molecule has 2 N–H and O–H groups in total. The lowest BCUT2D eigenvalue weighted by molar-refractivity contribution is -0.141. The summed E-state index contributed by atoms with van der Waals surface area (Å²) in [6, 6.07) is 8.51. The van der Waals surface area contributed by atoms with Crippen LogP contribution in [0.5, 0.6) is 11.6 Å². The molecule has 1 heterocycles. The molecule has 0 aliphatic rings. The van der Waals surface area contributed by atoms with E-state index in [1.54, 1.807) is 0 Å². The lowest BCUT2D eigenvalue weighted by Crippen LogP contribution is -2.18. The topological polar surface area (TPSA) is 105 Å². The molecule has 0 fully saturated rings. The van der Waals surface area contributed by atoms with Gasteiger partial charge in [0.25, 0.3) is 11.8 Å². The van der Waals surface area contributed by atoms with E-state index < -0.39 is 56.3 Å². The Morgan fingerprint density at radius 3 is 2.44 bits per heavy atom. The van der Waals surface area contributed by atoms with Crippen molar-refractivity contribution in [1.29, 1.82) is 4.78 Å². The average molecular weight is 472 g/mol. The maximum atomic E-state index is 13.9. The van der Waals surface area contributed by atoms with Crippen LogP contribution in [-0.4, -0.2) is 26.6 Å². The van der Waals surface area contributed by atoms with Crippen molar-refractivity contribution in [3.63, 3.8) is 0 Å². The van der Waals surface area contributed by atoms with Crippen LogP contribution < -0.4 is 10.1 Å². The van der Waals surface area contributed by atoms with E-state index in [-0.39, 0.29) is 10.6 Å². The number of carbonyl (C=O) groups excluding carboxylic acids is 1. The molecule has 0 radical (unpaired) electrons. The molecule has 32 heavy (non-hydrogen) atoms. The number of aromatic nitrogens is 2. The maximum absolute atomic E-state index is 13.9. The molecule has 3 rings (SSSR count). The lowest BCUT2D eigenvalue weighted by atomic mass is 10.2. The zero-order valence-corrected chi connectivity index (χ0v) is 16.9. The molecule has 1 atom stereocenters. The van der Waals surface area contributed by atoms with Gasteiger partial charge in [0, 0.05) is 16.8 Å². The first kappa shape index (κ1) is 23.1. The number of anilines is 1. The molecular weight excluding hydrogens is 459 g/mol. The fraction of sp³-hybridized carbons (Fsp3) is 0.105. The Labute approximate surface area is 178 Å². The van der Waals surface area contributed by atoms with Gasteiger partial charge in [0.2, 0.25) is 5.82 Å². The van der Waals surface area contributed by atoms with Crippen LogP contribution in [0.3, 0.4) is 0 Å². The number of ether oxygens (including phenoxy) is 1. The predicted molar refractivity (Wildman–Crippen MR) is 103 cm³/mol.